The van der Waals surface area contributed by atoms with Crippen LogP contribution in [0.1, 0.15) is 58.3 Å². The Morgan fingerprint density at radius 1 is 1.33 bits per heavy atom. The molecule has 3 aliphatic rings. The summed E-state index contributed by atoms with van der Waals surface area (Å²) in [5.74, 6) is 2.87. The van der Waals surface area contributed by atoms with Crippen LogP contribution in [0.25, 0.3) is 0 Å². The fourth-order valence-corrected chi connectivity index (χ4v) is 5.65. The van der Waals surface area contributed by atoms with Crippen LogP contribution in [0, 0.1) is 17.8 Å². The lowest BCUT2D eigenvalue weighted by Crippen LogP contribution is -2.43. The molecule has 2 aliphatic carbocycles. The molecule has 2 heterocycles. The van der Waals surface area contributed by atoms with Crippen LogP contribution in [-0.2, 0) is 16.1 Å². The second-order valence-corrected chi connectivity index (χ2v) is 9.57. The molecule has 27 heavy (non-hydrogen) atoms. The van der Waals surface area contributed by atoms with Crippen molar-refractivity contribution in [2.45, 2.75) is 75.4 Å². The molecule has 0 radical (unpaired) electrons. The van der Waals surface area contributed by atoms with Gasteiger partial charge in [-0.2, -0.15) is 0 Å². The van der Waals surface area contributed by atoms with E-state index in [2.05, 4.69) is 22.4 Å². The van der Waals surface area contributed by atoms with Gasteiger partial charge >= 0.3 is 0 Å². The molecule has 8 heteroatoms. The molecule has 1 aliphatic heterocycles. The molecule has 1 aromatic heterocycles. The van der Waals surface area contributed by atoms with Crippen molar-refractivity contribution in [3.63, 3.8) is 0 Å². The van der Waals surface area contributed by atoms with Crippen LogP contribution in [0.5, 0.6) is 0 Å². The number of likely N-dealkylation sites (tertiary alicyclic amines) is 1. The molecule has 5 unspecified atom stereocenters. The van der Waals surface area contributed by atoms with Gasteiger partial charge in [0.2, 0.25) is 17.7 Å². The zero-order valence-electron chi connectivity index (χ0n) is 16.0. The molecule has 1 saturated heterocycles. The lowest BCUT2D eigenvalue weighted by atomic mass is 9.84. The van der Waals surface area contributed by atoms with E-state index in [1.165, 1.54) is 37.4 Å². The number of carbonyl (C=O) groups excluding carboxylic acids is 2. The van der Waals surface area contributed by atoms with Crippen molar-refractivity contribution in [3.8, 4) is 0 Å². The molecule has 2 bridgehead atoms. The second-order valence-electron chi connectivity index (χ2n) is 8.28. The number of hydrogen-bond donors (Lipinski definition) is 1. The number of hydrogen-bond acceptors (Lipinski definition) is 6. The lowest BCUT2D eigenvalue weighted by molar-refractivity contribution is -0.128. The van der Waals surface area contributed by atoms with Gasteiger partial charge in [-0.3, -0.25) is 9.59 Å². The number of amides is 2. The third-order valence-corrected chi connectivity index (χ3v) is 7.33. The van der Waals surface area contributed by atoms with Crippen molar-refractivity contribution >= 4 is 23.6 Å². The molecule has 2 amide bonds. The maximum Gasteiger partial charge on any atom is 0.277 e. The summed E-state index contributed by atoms with van der Waals surface area (Å²) < 4.78 is 5.63. The first-order valence-electron chi connectivity index (χ1n) is 10.1. The molecule has 5 atom stereocenters. The van der Waals surface area contributed by atoms with E-state index in [-0.39, 0.29) is 23.1 Å². The molecule has 7 nitrogen and oxygen atoms in total. The van der Waals surface area contributed by atoms with Crippen LogP contribution in [-0.4, -0.2) is 44.7 Å². The van der Waals surface area contributed by atoms with Crippen molar-refractivity contribution < 1.29 is 14.0 Å². The summed E-state index contributed by atoms with van der Waals surface area (Å²) in [6, 6.07) is 0.218. The normalized spacial score (nSPS) is 29.3. The van der Waals surface area contributed by atoms with E-state index in [1.807, 2.05) is 6.92 Å². The van der Waals surface area contributed by atoms with E-state index >= 15 is 0 Å². The van der Waals surface area contributed by atoms with Crippen molar-refractivity contribution in [1.29, 1.82) is 0 Å². The average Bonchev–Trinajstić information content (AvgIpc) is 3.42. The van der Waals surface area contributed by atoms with E-state index in [0.717, 1.165) is 24.8 Å². The highest BCUT2D eigenvalue weighted by Crippen LogP contribution is 2.49. The number of thioether (sulfide) groups is 1. The van der Waals surface area contributed by atoms with Crippen LogP contribution in [0.4, 0.5) is 0 Å². The number of aromatic nitrogens is 2. The third-order valence-electron chi connectivity index (χ3n) is 6.40. The molecule has 4 rings (SSSR count). The van der Waals surface area contributed by atoms with E-state index in [9.17, 15) is 9.59 Å². The van der Waals surface area contributed by atoms with Gasteiger partial charge in [0.05, 0.1) is 11.8 Å². The van der Waals surface area contributed by atoms with Crippen molar-refractivity contribution in [3.05, 3.63) is 5.89 Å². The van der Waals surface area contributed by atoms with Gasteiger partial charge in [-0.25, -0.2) is 0 Å². The van der Waals surface area contributed by atoms with Gasteiger partial charge in [-0.05, 0) is 57.3 Å². The predicted octanol–water partition coefficient (Wildman–Crippen LogP) is 2.61. The summed E-state index contributed by atoms with van der Waals surface area (Å²) in [7, 11) is 0. The molecule has 1 aromatic rings. The fraction of sp³-hybridized carbons (Fsp3) is 0.789. The lowest BCUT2D eigenvalue weighted by Gasteiger charge is -2.29. The Labute approximate surface area is 164 Å². The topological polar surface area (TPSA) is 88.3 Å². The van der Waals surface area contributed by atoms with Crippen molar-refractivity contribution in [2.24, 2.45) is 17.8 Å². The molecule has 3 fully saturated rings. The average molecular weight is 393 g/mol. The van der Waals surface area contributed by atoms with E-state index < -0.39 is 0 Å². The maximum absolute atomic E-state index is 12.6. The highest BCUT2D eigenvalue weighted by atomic mass is 32.2. The largest absolute Gasteiger partial charge is 0.414 e. The van der Waals surface area contributed by atoms with E-state index in [0.29, 0.717) is 30.0 Å². The zero-order valence-corrected chi connectivity index (χ0v) is 16.8. The molecule has 0 aromatic carbocycles. The Kier molecular flexibility index (Phi) is 5.43. The smallest absolute Gasteiger partial charge is 0.277 e. The Hall–Kier alpha value is -1.57. The highest BCUT2D eigenvalue weighted by Gasteiger charge is 2.42. The number of carbonyl (C=O) groups is 2. The van der Waals surface area contributed by atoms with Gasteiger partial charge in [0.15, 0.2) is 0 Å². The van der Waals surface area contributed by atoms with Gasteiger partial charge in [-0.1, -0.05) is 18.2 Å². The zero-order chi connectivity index (χ0) is 19.0. The van der Waals surface area contributed by atoms with Gasteiger partial charge in [0.1, 0.15) is 0 Å². The monoisotopic (exact) mass is 392 g/mol. The van der Waals surface area contributed by atoms with Gasteiger partial charge in [0, 0.05) is 19.0 Å². The van der Waals surface area contributed by atoms with E-state index in [1.54, 1.807) is 4.90 Å². The summed E-state index contributed by atoms with van der Waals surface area (Å²) in [5, 5.41) is 11.3. The fourth-order valence-electron chi connectivity index (χ4n) is 4.94. The van der Waals surface area contributed by atoms with Crippen LogP contribution in [0.3, 0.4) is 0 Å². The predicted molar refractivity (Wildman–Crippen MR) is 101 cm³/mol. The molecule has 0 spiro atoms. The van der Waals surface area contributed by atoms with Crippen molar-refractivity contribution in [2.75, 3.05) is 6.54 Å². The Bertz CT molecular complexity index is 709. The molecular weight excluding hydrogens is 364 g/mol. The quantitative estimate of drug-likeness (QED) is 0.718. The third kappa shape index (κ3) is 4.15. The van der Waals surface area contributed by atoms with Crippen molar-refractivity contribution in [1.82, 2.24) is 20.4 Å². The highest BCUT2D eigenvalue weighted by molar-refractivity contribution is 8.00. The first kappa shape index (κ1) is 18.8. The van der Waals surface area contributed by atoms with Gasteiger partial charge in [0.25, 0.3) is 5.22 Å². The van der Waals surface area contributed by atoms with Crippen LogP contribution in [0.2, 0.25) is 0 Å². The minimum atomic E-state index is -0.298. The van der Waals surface area contributed by atoms with Crippen LogP contribution in [0.15, 0.2) is 9.64 Å². The standard InChI is InChI=1S/C19H28N4O3S/c1-11(15-9-13-5-6-14(15)8-13)20-18(25)12(2)27-19-22-21-16(26-19)10-23-7-3-4-17(23)24/h11-15H,3-10H2,1-2H3,(H,20,25). The Morgan fingerprint density at radius 2 is 2.19 bits per heavy atom. The van der Waals surface area contributed by atoms with E-state index in [4.69, 9.17) is 4.42 Å². The first-order valence-corrected chi connectivity index (χ1v) is 10.9. The van der Waals surface area contributed by atoms with Gasteiger partial charge < -0.3 is 14.6 Å². The number of fused-ring (bicyclic) bond motifs is 2. The minimum absolute atomic E-state index is 0.0183. The van der Waals surface area contributed by atoms with Crippen LogP contribution < -0.4 is 5.32 Å². The minimum Gasteiger partial charge on any atom is -0.414 e. The number of nitrogens with zero attached hydrogens (tertiary/aromatic N) is 3. The van der Waals surface area contributed by atoms with Crippen LogP contribution >= 0.6 is 11.8 Å². The number of nitrogens with one attached hydrogen (secondary N) is 1. The van der Waals surface area contributed by atoms with Gasteiger partial charge in [-0.15, -0.1) is 10.2 Å². The summed E-state index contributed by atoms with van der Waals surface area (Å²) in [4.78, 5) is 26.0. The molecule has 1 N–H and O–H groups in total. The Balaban J connectivity index is 1.26. The molecule has 148 valence electrons. The summed E-state index contributed by atoms with van der Waals surface area (Å²) in [5.41, 5.74) is 0. The molecule has 2 saturated carbocycles. The Morgan fingerprint density at radius 3 is 2.85 bits per heavy atom. The molecular formula is C19H28N4O3S. The summed E-state index contributed by atoms with van der Waals surface area (Å²) in [6.45, 7) is 5.09. The maximum atomic E-state index is 12.6. The number of rotatable bonds is 7. The first-order chi connectivity index (χ1) is 13.0. The second kappa shape index (κ2) is 7.81. The summed E-state index contributed by atoms with van der Waals surface area (Å²) >= 11 is 1.28. The SMILES string of the molecule is CC(Sc1nnc(CN2CCCC2=O)o1)C(=O)NC(C)C1CC2CCC1C2. The summed E-state index contributed by atoms with van der Waals surface area (Å²) in [6.07, 6.45) is 6.77.